The Morgan fingerprint density at radius 3 is 2.60 bits per heavy atom. The number of hydrogen-bond acceptors (Lipinski definition) is 6. The van der Waals surface area contributed by atoms with E-state index in [-0.39, 0.29) is 22.5 Å². The fourth-order valence-corrected chi connectivity index (χ4v) is 2.83. The third-order valence-corrected chi connectivity index (χ3v) is 4.17. The molecule has 0 saturated carbocycles. The molecule has 1 atom stereocenters. The van der Waals surface area contributed by atoms with Gasteiger partial charge in [-0.25, -0.2) is 4.79 Å². The Bertz CT molecular complexity index is 704. The highest BCUT2D eigenvalue weighted by Crippen LogP contribution is 2.33. The van der Waals surface area contributed by atoms with Gasteiger partial charge >= 0.3 is 5.97 Å². The molecular formula is C19H22O6. The van der Waals surface area contributed by atoms with Gasteiger partial charge in [-0.2, -0.15) is 0 Å². The summed E-state index contributed by atoms with van der Waals surface area (Å²) in [5.74, 6) is -1.44. The number of fused-ring (bicyclic) bond motifs is 1. The van der Waals surface area contributed by atoms with Crippen molar-refractivity contribution in [3.05, 3.63) is 28.8 Å². The molecule has 1 aromatic rings. The Morgan fingerprint density at radius 2 is 1.88 bits per heavy atom. The van der Waals surface area contributed by atoms with Gasteiger partial charge in [0.05, 0.1) is 11.7 Å². The Balaban J connectivity index is 2.47. The number of Topliss-reactive ketones (excluding diaryl/α,β-unsaturated/α-hetero) is 1. The molecule has 2 rings (SSSR count). The predicted molar refractivity (Wildman–Crippen MR) is 91.8 cm³/mol. The van der Waals surface area contributed by atoms with Gasteiger partial charge in [-0.1, -0.05) is 12.2 Å². The van der Waals surface area contributed by atoms with Crippen LogP contribution in [0.25, 0.3) is 6.08 Å². The van der Waals surface area contributed by atoms with Crippen LogP contribution in [0.15, 0.2) is 12.1 Å². The molecular weight excluding hydrogens is 324 g/mol. The molecule has 0 bridgehead atoms. The number of hydrogen-bond donors (Lipinski definition) is 2. The van der Waals surface area contributed by atoms with Crippen LogP contribution in [0.5, 0.6) is 11.5 Å². The van der Waals surface area contributed by atoms with Crippen LogP contribution in [0.4, 0.5) is 0 Å². The van der Waals surface area contributed by atoms with Crippen LogP contribution >= 0.6 is 0 Å². The molecule has 0 aliphatic carbocycles. The third kappa shape index (κ3) is 4.68. The van der Waals surface area contributed by atoms with Gasteiger partial charge in [-0.05, 0) is 32.6 Å². The van der Waals surface area contributed by atoms with Gasteiger partial charge in [-0.3, -0.25) is 9.59 Å². The molecule has 0 aromatic heterocycles. The van der Waals surface area contributed by atoms with Crippen molar-refractivity contribution >= 4 is 24.1 Å². The largest absolute Gasteiger partial charge is 0.507 e. The summed E-state index contributed by atoms with van der Waals surface area (Å²) in [5, 5.41) is 20.0. The Morgan fingerprint density at radius 1 is 1.16 bits per heavy atom. The van der Waals surface area contributed by atoms with Crippen molar-refractivity contribution in [1.29, 1.82) is 0 Å². The maximum absolute atomic E-state index is 12.5. The van der Waals surface area contributed by atoms with E-state index in [2.05, 4.69) is 0 Å². The number of allylic oxidation sites excluding steroid dienone is 1. The zero-order chi connectivity index (χ0) is 18.4. The topological polar surface area (TPSA) is 101 Å². The minimum absolute atomic E-state index is 0.0863. The SMILES string of the molecule is C[C@H]1CCCC(=O)CCCC=Cc2c(C=O)c(O)cc(O)c2C(=O)O1. The Hall–Kier alpha value is -2.63. The number of esters is 1. The highest BCUT2D eigenvalue weighted by molar-refractivity contribution is 6.01. The number of phenols is 2. The number of carbonyl (C=O) groups excluding carboxylic acids is 3. The number of ether oxygens (including phenoxy) is 1. The number of aromatic hydroxyl groups is 2. The molecule has 0 amide bonds. The van der Waals surface area contributed by atoms with E-state index >= 15 is 0 Å². The van der Waals surface area contributed by atoms with Crippen LogP contribution in [0.1, 0.15) is 71.7 Å². The highest BCUT2D eigenvalue weighted by atomic mass is 16.5. The minimum Gasteiger partial charge on any atom is -0.507 e. The first-order chi connectivity index (χ1) is 11.9. The second kappa shape index (κ2) is 8.46. The second-order valence-corrected chi connectivity index (χ2v) is 6.18. The van der Waals surface area contributed by atoms with Crippen LogP contribution in [0, 0.1) is 0 Å². The van der Waals surface area contributed by atoms with Gasteiger partial charge < -0.3 is 14.9 Å². The van der Waals surface area contributed by atoms with E-state index in [1.165, 1.54) is 6.08 Å². The number of phenolic OH excluding ortho intramolecular Hbond substituents is 2. The monoisotopic (exact) mass is 346 g/mol. The van der Waals surface area contributed by atoms with Crippen molar-refractivity contribution in [3.63, 3.8) is 0 Å². The first kappa shape index (κ1) is 18.7. The van der Waals surface area contributed by atoms with Gasteiger partial charge in [0.1, 0.15) is 22.8 Å². The van der Waals surface area contributed by atoms with E-state index in [1.807, 2.05) is 0 Å². The van der Waals surface area contributed by atoms with E-state index in [1.54, 1.807) is 13.0 Å². The van der Waals surface area contributed by atoms with Crippen LogP contribution < -0.4 is 0 Å². The molecule has 0 radical (unpaired) electrons. The lowest BCUT2D eigenvalue weighted by Gasteiger charge is -2.16. The smallest absolute Gasteiger partial charge is 0.342 e. The summed E-state index contributed by atoms with van der Waals surface area (Å²) in [6.07, 6.45) is 6.51. The second-order valence-electron chi connectivity index (χ2n) is 6.18. The highest BCUT2D eigenvalue weighted by Gasteiger charge is 2.24. The van der Waals surface area contributed by atoms with Crippen LogP contribution in [-0.2, 0) is 9.53 Å². The van der Waals surface area contributed by atoms with Crippen molar-refractivity contribution in [2.24, 2.45) is 0 Å². The van der Waals surface area contributed by atoms with E-state index < -0.39 is 23.6 Å². The lowest BCUT2D eigenvalue weighted by Crippen LogP contribution is -2.17. The standard InChI is InChI=1S/C19H22O6/c1-12-6-5-8-13(21)7-3-2-4-9-14-15(11-20)16(22)10-17(23)18(14)19(24)25-12/h4,9-12,22-23H,2-3,5-8H2,1H3/t12-/m0/s1. The Labute approximate surface area is 146 Å². The predicted octanol–water partition coefficient (Wildman–Crippen LogP) is 3.39. The zero-order valence-corrected chi connectivity index (χ0v) is 14.2. The number of cyclic esters (lactones) is 1. The lowest BCUT2D eigenvalue weighted by molar-refractivity contribution is -0.119. The van der Waals surface area contributed by atoms with Gasteiger partial charge in [0.25, 0.3) is 0 Å². The molecule has 0 spiro atoms. The van der Waals surface area contributed by atoms with Gasteiger partial charge in [0, 0.05) is 24.5 Å². The van der Waals surface area contributed by atoms with E-state index in [9.17, 15) is 24.6 Å². The maximum Gasteiger partial charge on any atom is 0.342 e. The maximum atomic E-state index is 12.5. The summed E-state index contributed by atoms with van der Waals surface area (Å²) >= 11 is 0. The molecule has 6 nitrogen and oxygen atoms in total. The number of rotatable bonds is 1. The lowest BCUT2D eigenvalue weighted by atomic mass is 9.97. The van der Waals surface area contributed by atoms with Crippen LogP contribution in [0.2, 0.25) is 0 Å². The molecule has 0 fully saturated rings. The number of carbonyl (C=O) groups is 3. The Kier molecular flexibility index (Phi) is 6.33. The van der Waals surface area contributed by atoms with Crippen LogP contribution in [-0.4, -0.2) is 34.4 Å². The van der Waals surface area contributed by atoms with E-state index in [0.717, 1.165) is 6.07 Å². The zero-order valence-electron chi connectivity index (χ0n) is 14.2. The molecule has 2 N–H and O–H groups in total. The van der Waals surface area contributed by atoms with E-state index in [0.29, 0.717) is 44.8 Å². The van der Waals surface area contributed by atoms with Gasteiger partial charge in [0.15, 0.2) is 6.29 Å². The summed E-state index contributed by atoms with van der Waals surface area (Å²) in [6, 6.07) is 0.962. The number of benzene rings is 1. The fraction of sp³-hybridized carbons (Fsp3) is 0.421. The molecule has 1 aromatic carbocycles. The molecule has 6 heteroatoms. The third-order valence-electron chi connectivity index (χ3n) is 4.17. The van der Waals surface area contributed by atoms with Gasteiger partial charge in [0.2, 0.25) is 0 Å². The van der Waals surface area contributed by atoms with Crippen molar-refractivity contribution in [3.8, 4) is 11.5 Å². The summed E-state index contributed by atoms with van der Waals surface area (Å²) in [4.78, 5) is 35.6. The first-order valence-corrected chi connectivity index (χ1v) is 8.37. The summed E-state index contributed by atoms with van der Waals surface area (Å²) in [6.45, 7) is 1.71. The molecule has 1 aliphatic rings. The quantitative estimate of drug-likeness (QED) is 0.597. The van der Waals surface area contributed by atoms with Crippen LogP contribution in [0.3, 0.4) is 0 Å². The molecule has 0 saturated heterocycles. The molecule has 134 valence electrons. The summed E-state index contributed by atoms with van der Waals surface area (Å²) < 4.78 is 5.34. The molecule has 1 aliphatic heterocycles. The molecule has 1 heterocycles. The average Bonchev–Trinajstić information content (AvgIpc) is 2.53. The normalized spacial score (nSPS) is 19.6. The van der Waals surface area contributed by atoms with Gasteiger partial charge in [-0.15, -0.1) is 0 Å². The molecule has 0 unspecified atom stereocenters. The van der Waals surface area contributed by atoms with Crippen molar-refractivity contribution in [1.82, 2.24) is 0 Å². The molecule has 25 heavy (non-hydrogen) atoms. The van der Waals surface area contributed by atoms with Crippen molar-refractivity contribution < 1.29 is 29.3 Å². The first-order valence-electron chi connectivity index (χ1n) is 8.37. The number of aldehydes is 1. The van der Waals surface area contributed by atoms with Crippen molar-refractivity contribution in [2.75, 3.05) is 0 Å². The summed E-state index contributed by atoms with van der Waals surface area (Å²) in [7, 11) is 0. The summed E-state index contributed by atoms with van der Waals surface area (Å²) in [5.41, 5.74) is -0.110. The van der Waals surface area contributed by atoms with Crippen molar-refractivity contribution in [2.45, 2.75) is 51.6 Å². The minimum atomic E-state index is -0.767. The average molecular weight is 346 g/mol. The fourth-order valence-electron chi connectivity index (χ4n) is 2.83. The van der Waals surface area contributed by atoms with E-state index in [4.69, 9.17) is 4.74 Å². The number of ketones is 1.